The van der Waals surface area contributed by atoms with Gasteiger partial charge in [0, 0.05) is 19.7 Å². The number of benzene rings is 2. The van der Waals surface area contributed by atoms with Gasteiger partial charge in [0.05, 0.1) is 17.0 Å². The Balaban J connectivity index is 2.27. The van der Waals surface area contributed by atoms with Gasteiger partial charge in [-0.25, -0.2) is 13.8 Å². The fourth-order valence-electron chi connectivity index (χ4n) is 2.17. The summed E-state index contributed by atoms with van der Waals surface area (Å²) in [5, 5.41) is 0.517. The maximum absolute atomic E-state index is 13.3. The predicted molar refractivity (Wildman–Crippen MR) is 91.8 cm³/mol. The monoisotopic (exact) mass is 336 g/mol. The molecule has 0 bridgehead atoms. The number of halogens is 3. The summed E-state index contributed by atoms with van der Waals surface area (Å²) >= 11 is 6.28. The molecule has 0 radical (unpaired) electrons. The Hall–Kier alpha value is -1.94. The third-order valence-corrected chi connectivity index (χ3v) is 3.92. The Labute approximate surface area is 140 Å². The zero-order valence-electron chi connectivity index (χ0n) is 13.4. The third-order valence-electron chi connectivity index (χ3n) is 3.62. The van der Waals surface area contributed by atoms with Gasteiger partial charge in [-0.2, -0.15) is 0 Å². The maximum atomic E-state index is 13.3. The molecule has 2 aromatic carbocycles. The Kier molecular flexibility index (Phi) is 5.72. The van der Waals surface area contributed by atoms with Crippen LogP contribution in [-0.2, 0) is 6.42 Å². The zero-order chi connectivity index (χ0) is 17.0. The minimum Gasteiger partial charge on any atom is -0.366 e. The summed E-state index contributed by atoms with van der Waals surface area (Å²) in [6, 6.07) is 7.22. The fourth-order valence-corrected chi connectivity index (χ4v) is 2.41. The molecule has 0 aliphatic heterocycles. The van der Waals surface area contributed by atoms with E-state index < -0.39 is 11.6 Å². The zero-order valence-corrected chi connectivity index (χ0v) is 14.2. The molecular formula is C18H19ClF2N2. The first-order valence-corrected chi connectivity index (χ1v) is 7.75. The Morgan fingerprint density at radius 2 is 1.78 bits per heavy atom. The van der Waals surface area contributed by atoms with E-state index in [9.17, 15) is 8.78 Å². The van der Waals surface area contributed by atoms with Crippen LogP contribution >= 0.6 is 11.6 Å². The topological polar surface area (TPSA) is 15.6 Å². The van der Waals surface area contributed by atoms with Crippen LogP contribution in [0.15, 0.2) is 35.3 Å². The first-order chi connectivity index (χ1) is 10.9. The van der Waals surface area contributed by atoms with Gasteiger partial charge in [0.2, 0.25) is 0 Å². The molecule has 0 aromatic heterocycles. The smallest absolute Gasteiger partial charge is 0.126 e. The molecule has 0 fully saturated rings. The quantitative estimate of drug-likeness (QED) is 0.546. The lowest BCUT2D eigenvalue weighted by Gasteiger charge is -2.11. The molecule has 0 unspecified atom stereocenters. The van der Waals surface area contributed by atoms with Crippen molar-refractivity contribution >= 4 is 23.6 Å². The summed E-state index contributed by atoms with van der Waals surface area (Å²) < 4.78 is 26.6. The van der Waals surface area contributed by atoms with Gasteiger partial charge in [0.15, 0.2) is 0 Å². The van der Waals surface area contributed by atoms with Crippen molar-refractivity contribution in [2.45, 2.75) is 20.3 Å². The summed E-state index contributed by atoms with van der Waals surface area (Å²) in [6.45, 7) is 4.81. The van der Waals surface area contributed by atoms with Crippen LogP contribution in [-0.4, -0.2) is 24.8 Å². The molecule has 0 aliphatic rings. The molecule has 0 saturated carbocycles. The third kappa shape index (κ3) is 4.76. The van der Waals surface area contributed by atoms with Crippen LogP contribution in [0, 0.1) is 18.6 Å². The lowest BCUT2D eigenvalue weighted by Crippen LogP contribution is -2.14. The Morgan fingerprint density at radius 1 is 1.13 bits per heavy atom. The van der Waals surface area contributed by atoms with E-state index in [0.717, 1.165) is 23.7 Å². The van der Waals surface area contributed by atoms with Crippen molar-refractivity contribution in [2.75, 3.05) is 13.6 Å². The van der Waals surface area contributed by atoms with Crippen LogP contribution in [0.5, 0.6) is 0 Å². The summed E-state index contributed by atoms with van der Waals surface area (Å²) in [5.41, 5.74) is 3.15. The molecule has 0 spiro atoms. The van der Waals surface area contributed by atoms with Crippen LogP contribution in [0.25, 0.3) is 0 Å². The molecule has 0 heterocycles. The fraction of sp³-hybridized carbons (Fsp3) is 0.278. The number of aliphatic imine (C=N–C) groups is 1. The molecule has 0 amide bonds. The number of rotatable bonds is 5. The molecule has 0 saturated heterocycles. The van der Waals surface area contributed by atoms with Gasteiger partial charge in [-0.1, -0.05) is 11.6 Å². The van der Waals surface area contributed by atoms with E-state index in [1.807, 2.05) is 31.9 Å². The van der Waals surface area contributed by atoms with E-state index in [4.69, 9.17) is 11.6 Å². The number of hydrogen-bond acceptors (Lipinski definition) is 1. The van der Waals surface area contributed by atoms with Crippen molar-refractivity contribution in [1.82, 2.24) is 4.90 Å². The summed E-state index contributed by atoms with van der Waals surface area (Å²) in [7, 11) is 1.93. The van der Waals surface area contributed by atoms with E-state index >= 15 is 0 Å². The lowest BCUT2D eigenvalue weighted by atomic mass is 10.00. The van der Waals surface area contributed by atoms with Gasteiger partial charge < -0.3 is 4.90 Å². The van der Waals surface area contributed by atoms with Crippen LogP contribution in [0.2, 0.25) is 5.02 Å². The van der Waals surface area contributed by atoms with Gasteiger partial charge in [-0.05, 0) is 61.2 Å². The molecular weight excluding hydrogens is 318 g/mol. The highest BCUT2D eigenvalue weighted by Gasteiger charge is 2.08. The van der Waals surface area contributed by atoms with Crippen LogP contribution < -0.4 is 0 Å². The molecule has 2 rings (SSSR count). The normalized spacial score (nSPS) is 11.2. The molecule has 0 atom stereocenters. The minimum absolute atomic E-state index is 0.416. The number of aryl methyl sites for hydroxylation is 1. The Bertz CT molecular complexity index is 709. The molecule has 2 aromatic rings. The minimum atomic E-state index is -0.576. The molecule has 2 nitrogen and oxygen atoms in total. The highest BCUT2D eigenvalue weighted by molar-refractivity contribution is 6.33. The van der Waals surface area contributed by atoms with Crippen molar-refractivity contribution in [1.29, 1.82) is 0 Å². The van der Waals surface area contributed by atoms with Crippen molar-refractivity contribution < 1.29 is 8.78 Å². The summed E-state index contributed by atoms with van der Waals surface area (Å²) in [5.74, 6) is -1.15. The van der Waals surface area contributed by atoms with Crippen molar-refractivity contribution in [3.63, 3.8) is 0 Å². The number of hydrogen-bond donors (Lipinski definition) is 0. The van der Waals surface area contributed by atoms with Gasteiger partial charge in [0.1, 0.15) is 11.6 Å². The standard InChI is InChI=1S/C18H19ClF2N2/c1-4-23(3)11-22-18-5-12(2)14(9-17(18)19)6-13-7-15(20)10-16(21)8-13/h5,7-11H,4,6H2,1-3H3/b22-11-. The molecule has 23 heavy (non-hydrogen) atoms. The molecule has 0 N–H and O–H groups in total. The SMILES string of the molecule is CCN(C)/C=N\c1cc(C)c(Cc2cc(F)cc(F)c2)cc1Cl. The van der Waals surface area contributed by atoms with Gasteiger partial charge in [0.25, 0.3) is 0 Å². The van der Waals surface area contributed by atoms with Crippen LogP contribution in [0.1, 0.15) is 23.6 Å². The second-order valence-corrected chi connectivity index (χ2v) is 5.91. The van der Waals surface area contributed by atoms with E-state index in [2.05, 4.69) is 4.99 Å². The largest absolute Gasteiger partial charge is 0.366 e. The van der Waals surface area contributed by atoms with Gasteiger partial charge >= 0.3 is 0 Å². The van der Waals surface area contributed by atoms with Crippen molar-refractivity contribution in [3.05, 3.63) is 63.7 Å². The molecule has 5 heteroatoms. The maximum Gasteiger partial charge on any atom is 0.126 e. The first kappa shape index (κ1) is 17.4. The van der Waals surface area contributed by atoms with Crippen molar-refractivity contribution in [2.24, 2.45) is 4.99 Å². The Morgan fingerprint density at radius 3 is 2.39 bits per heavy atom. The van der Waals surface area contributed by atoms with E-state index in [1.54, 1.807) is 12.4 Å². The molecule has 122 valence electrons. The summed E-state index contributed by atoms with van der Waals surface area (Å²) in [6.07, 6.45) is 2.14. The van der Waals surface area contributed by atoms with E-state index in [0.29, 0.717) is 22.7 Å². The van der Waals surface area contributed by atoms with Crippen LogP contribution in [0.4, 0.5) is 14.5 Å². The van der Waals surface area contributed by atoms with E-state index in [-0.39, 0.29) is 0 Å². The van der Waals surface area contributed by atoms with E-state index in [1.165, 1.54) is 12.1 Å². The summed E-state index contributed by atoms with van der Waals surface area (Å²) in [4.78, 5) is 6.30. The average Bonchev–Trinajstić information content (AvgIpc) is 2.47. The first-order valence-electron chi connectivity index (χ1n) is 7.37. The average molecular weight is 337 g/mol. The second-order valence-electron chi connectivity index (χ2n) is 5.50. The highest BCUT2D eigenvalue weighted by Crippen LogP contribution is 2.29. The highest BCUT2D eigenvalue weighted by atomic mass is 35.5. The number of nitrogens with zero attached hydrogens (tertiary/aromatic N) is 2. The lowest BCUT2D eigenvalue weighted by molar-refractivity contribution is 0.552. The molecule has 0 aliphatic carbocycles. The second kappa shape index (κ2) is 7.55. The predicted octanol–water partition coefficient (Wildman–Crippen LogP) is 5.13. The van der Waals surface area contributed by atoms with Gasteiger partial charge in [-0.15, -0.1) is 0 Å². The van der Waals surface area contributed by atoms with Crippen LogP contribution in [0.3, 0.4) is 0 Å². The van der Waals surface area contributed by atoms with Gasteiger partial charge in [-0.3, -0.25) is 0 Å². The van der Waals surface area contributed by atoms with Crippen molar-refractivity contribution in [3.8, 4) is 0 Å².